The van der Waals surface area contributed by atoms with E-state index in [0.29, 0.717) is 18.9 Å². The Balaban J connectivity index is 2.91. The number of halogens is 2. The van der Waals surface area contributed by atoms with Crippen LogP contribution in [0.2, 0.25) is 10.6 Å². The summed E-state index contributed by atoms with van der Waals surface area (Å²) >= 11 is 11.4. The van der Waals surface area contributed by atoms with E-state index in [1.54, 1.807) is 0 Å². The predicted octanol–water partition coefficient (Wildman–Crippen LogP) is 1.78. The van der Waals surface area contributed by atoms with Crippen LogP contribution in [0.5, 0.6) is 0 Å². The second-order valence-corrected chi connectivity index (χ2v) is 4.21. The zero-order valence-electron chi connectivity index (χ0n) is 9.19. The lowest BCUT2D eigenvalue weighted by atomic mass is 10.3. The first-order valence-electron chi connectivity index (χ1n) is 4.99. The predicted molar refractivity (Wildman–Crippen MR) is 64.0 cm³/mol. The topological polar surface area (TPSA) is 62.1 Å². The Bertz CT molecular complexity index is 328. The van der Waals surface area contributed by atoms with Gasteiger partial charge in [0.2, 0.25) is 16.5 Å². The van der Waals surface area contributed by atoms with Crippen LogP contribution in [-0.4, -0.2) is 39.3 Å². The highest BCUT2D eigenvalue weighted by Gasteiger charge is 2.14. The smallest absolute Gasteiger partial charge is 0.231 e. The minimum Gasteiger partial charge on any atom is -0.396 e. The average Bonchev–Trinajstić information content (AvgIpc) is 2.16. The minimum atomic E-state index is 0.0737. The monoisotopic (exact) mass is 264 g/mol. The van der Waals surface area contributed by atoms with Crippen LogP contribution in [0.4, 0.5) is 5.95 Å². The molecule has 0 radical (unpaired) electrons. The molecule has 0 atom stereocenters. The highest BCUT2D eigenvalue weighted by Crippen LogP contribution is 2.16. The number of anilines is 1. The SMILES string of the molecule is CC(C)N(CCCO)c1nc(Cl)nc(Cl)n1. The van der Waals surface area contributed by atoms with Crippen LogP contribution < -0.4 is 4.90 Å². The third-order valence-corrected chi connectivity index (χ3v) is 2.34. The maximum atomic E-state index is 8.82. The third-order valence-electron chi connectivity index (χ3n) is 2.01. The Morgan fingerprint density at radius 1 is 1.19 bits per heavy atom. The van der Waals surface area contributed by atoms with Crippen molar-refractivity contribution >= 4 is 29.2 Å². The number of aliphatic hydroxyl groups excluding tert-OH is 1. The van der Waals surface area contributed by atoms with E-state index in [0.717, 1.165) is 0 Å². The molecule has 0 spiro atoms. The zero-order chi connectivity index (χ0) is 12.1. The van der Waals surface area contributed by atoms with E-state index in [2.05, 4.69) is 15.0 Å². The van der Waals surface area contributed by atoms with Crippen molar-refractivity contribution in [3.8, 4) is 0 Å². The molecule has 0 aliphatic carbocycles. The largest absolute Gasteiger partial charge is 0.396 e. The quantitative estimate of drug-likeness (QED) is 0.879. The maximum Gasteiger partial charge on any atom is 0.231 e. The van der Waals surface area contributed by atoms with Gasteiger partial charge in [0.05, 0.1) is 0 Å². The van der Waals surface area contributed by atoms with Gasteiger partial charge in [0.1, 0.15) is 0 Å². The van der Waals surface area contributed by atoms with Crippen molar-refractivity contribution in [1.29, 1.82) is 0 Å². The summed E-state index contributed by atoms with van der Waals surface area (Å²) in [5, 5.41) is 8.97. The Labute approximate surface area is 104 Å². The van der Waals surface area contributed by atoms with E-state index in [1.807, 2.05) is 18.7 Å². The van der Waals surface area contributed by atoms with Crippen LogP contribution in [-0.2, 0) is 0 Å². The number of aliphatic hydroxyl groups is 1. The highest BCUT2D eigenvalue weighted by atomic mass is 35.5. The van der Waals surface area contributed by atoms with Gasteiger partial charge in [-0.05, 0) is 43.5 Å². The maximum absolute atomic E-state index is 8.82. The van der Waals surface area contributed by atoms with Crippen LogP contribution in [0.25, 0.3) is 0 Å². The number of hydrogen-bond acceptors (Lipinski definition) is 5. The molecule has 90 valence electrons. The first-order chi connectivity index (χ1) is 7.54. The van der Waals surface area contributed by atoms with Crippen LogP contribution >= 0.6 is 23.2 Å². The molecule has 16 heavy (non-hydrogen) atoms. The fourth-order valence-electron chi connectivity index (χ4n) is 1.27. The first-order valence-corrected chi connectivity index (χ1v) is 5.74. The summed E-state index contributed by atoms with van der Waals surface area (Å²) < 4.78 is 0. The summed E-state index contributed by atoms with van der Waals surface area (Å²) in [6.07, 6.45) is 0.638. The van der Waals surface area contributed by atoms with Crippen molar-refractivity contribution in [1.82, 2.24) is 15.0 Å². The summed E-state index contributed by atoms with van der Waals surface area (Å²) in [6, 6.07) is 0.195. The normalized spacial score (nSPS) is 10.9. The van der Waals surface area contributed by atoms with Gasteiger partial charge in [-0.15, -0.1) is 0 Å². The standard InChI is InChI=1S/C9H14Cl2N4O/c1-6(2)15(4-3-5-16)9-13-7(10)12-8(11)14-9/h6,16H,3-5H2,1-2H3. The molecule has 0 bridgehead atoms. The summed E-state index contributed by atoms with van der Waals surface area (Å²) in [7, 11) is 0. The van der Waals surface area contributed by atoms with Gasteiger partial charge in [-0.25, -0.2) is 0 Å². The fraction of sp³-hybridized carbons (Fsp3) is 0.667. The van der Waals surface area contributed by atoms with E-state index >= 15 is 0 Å². The van der Waals surface area contributed by atoms with Gasteiger partial charge < -0.3 is 10.0 Å². The highest BCUT2D eigenvalue weighted by molar-refractivity contribution is 6.31. The van der Waals surface area contributed by atoms with E-state index in [4.69, 9.17) is 28.3 Å². The molecule has 7 heteroatoms. The van der Waals surface area contributed by atoms with E-state index in [-0.39, 0.29) is 23.2 Å². The van der Waals surface area contributed by atoms with Crippen LogP contribution in [0.15, 0.2) is 0 Å². The molecule has 0 saturated carbocycles. The molecule has 1 heterocycles. The molecule has 1 N–H and O–H groups in total. The van der Waals surface area contributed by atoms with E-state index in [9.17, 15) is 0 Å². The zero-order valence-corrected chi connectivity index (χ0v) is 10.7. The summed E-state index contributed by atoms with van der Waals surface area (Å²) in [4.78, 5) is 13.6. The lowest BCUT2D eigenvalue weighted by Gasteiger charge is -2.26. The van der Waals surface area contributed by atoms with Crippen LogP contribution in [0, 0.1) is 0 Å². The summed E-state index contributed by atoms with van der Waals surface area (Å²) in [5.41, 5.74) is 0. The van der Waals surface area contributed by atoms with Gasteiger partial charge in [0, 0.05) is 19.2 Å². The first kappa shape index (κ1) is 13.4. The van der Waals surface area contributed by atoms with Gasteiger partial charge in [-0.3, -0.25) is 0 Å². The minimum absolute atomic E-state index is 0.0737. The van der Waals surface area contributed by atoms with Crippen molar-refractivity contribution in [3.63, 3.8) is 0 Å². The van der Waals surface area contributed by atoms with E-state index in [1.165, 1.54) is 0 Å². The molecule has 1 rings (SSSR count). The Kier molecular flexibility index (Phi) is 5.18. The summed E-state index contributed by atoms with van der Waals surface area (Å²) in [5.74, 6) is 0.438. The molecule has 1 aromatic rings. The molecule has 0 fully saturated rings. The molecular weight excluding hydrogens is 251 g/mol. The number of nitrogens with zero attached hydrogens (tertiary/aromatic N) is 4. The third kappa shape index (κ3) is 3.73. The molecule has 0 amide bonds. The number of aromatic nitrogens is 3. The lowest BCUT2D eigenvalue weighted by Crippen LogP contribution is -2.33. The van der Waals surface area contributed by atoms with Crippen molar-refractivity contribution in [3.05, 3.63) is 10.6 Å². The van der Waals surface area contributed by atoms with Gasteiger partial charge in [-0.1, -0.05) is 0 Å². The van der Waals surface area contributed by atoms with Crippen LogP contribution in [0.3, 0.4) is 0 Å². The molecule has 0 aliphatic heterocycles. The Hall–Kier alpha value is -0.650. The van der Waals surface area contributed by atoms with Crippen molar-refractivity contribution < 1.29 is 5.11 Å². The Morgan fingerprint density at radius 2 is 1.75 bits per heavy atom. The second kappa shape index (κ2) is 6.18. The van der Waals surface area contributed by atoms with Gasteiger partial charge >= 0.3 is 0 Å². The van der Waals surface area contributed by atoms with Gasteiger partial charge in [-0.2, -0.15) is 15.0 Å². The average molecular weight is 265 g/mol. The summed E-state index contributed by atoms with van der Waals surface area (Å²) in [6.45, 7) is 4.77. The van der Waals surface area contributed by atoms with Crippen LogP contribution in [0.1, 0.15) is 20.3 Å². The van der Waals surface area contributed by atoms with Gasteiger partial charge in [0.25, 0.3) is 0 Å². The molecule has 1 aromatic heterocycles. The molecule has 5 nitrogen and oxygen atoms in total. The van der Waals surface area contributed by atoms with Crippen molar-refractivity contribution in [2.75, 3.05) is 18.1 Å². The second-order valence-electron chi connectivity index (χ2n) is 3.54. The van der Waals surface area contributed by atoms with Crippen molar-refractivity contribution in [2.45, 2.75) is 26.3 Å². The number of hydrogen-bond donors (Lipinski definition) is 1. The molecule has 0 unspecified atom stereocenters. The molecule has 0 aliphatic rings. The fourth-order valence-corrected chi connectivity index (χ4v) is 1.63. The molecule has 0 aromatic carbocycles. The van der Waals surface area contributed by atoms with E-state index < -0.39 is 0 Å². The van der Waals surface area contributed by atoms with Crippen molar-refractivity contribution in [2.24, 2.45) is 0 Å². The number of rotatable bonds is 5. The Morgan fingerprint density at radius 3 is 2.19 bits per heavy atom. The molecule has 0 saturated heterocycles. The lowest BCUT2D eigenvalue weighted by molar-refractivity contribution is 0.288. The molecular formula is C9H14Cl2N4O. The van der Waals surface area contributed by atoms with Gasteiger partial charge in [0.15, 0.2) is 0 Å².